The average Bonchev–Trinajstić information content (AvgIpc) is 3.23. The molecule has 5 rings (SSSR count). The van der Waals surface area contributed by atoms with E-state index in [0.29, 0.717) is 11.5 Å². The van der Waals surface area contributed by atoms with E-state index >= 15 is 0 Å². The van der Waals surface area contributed by atoms with Crippen molar-refractivity contribution in [2.45, 2.75) is 49.5 Å². The van der Waals surface area contributed by atoms with E-state index in [0.717, 1.165) is 49.4 Å². The molecule has 35 heavy (non-hydrogen) atoms. The lowest BCUT2D eigenvalue weighted by Gasteiger charge is -2.46. The maximum Gasteiger partial charge on any atom is 0.229 e. The van der Waals surface area contributed by atoms with Crippen LogP contribution >= 0.6 is 0 Å². The number of amides is 1. The summed E-state index contributed by atoms with van der Waals surface area (Å²) < 4.78 is 28.2. The number of nitrogens with two attached hydrogens (primary N) is 1. The Bertz CT molecular complexity index is 1380. The van der Waals surface area contributed by atoms with Crippen LogP contribution in [0.2, 0.25) is 0 Å². The summed E-state index contributed by atoms with van der Waals surface area (Å²) in [5, 5.41) is 15.7. The molecule has 1 aliphatic carbocycles. The van der Waals surface area contributed by atoms with E-state index in [1.54, 1.807) is 23.2 Å². The molecule has 184 valence electrons. The third-order valence-electron chi connectivity index (χ3n) is 6.83. The van der Waals surface area contributed by atoms with E-state index < -0.39 is 22.3 Å². The van der Waals surface area contributed by atoms with E-state index in [-0.39, 0.29) is 22.4 Å². The lowest BCUT2D eigenvalue weighted by Crippen LogP contribution is -2.55. The van der Waals surface area contributed by atoms with Crippen LogP contribution in [0, 0.1) is 5.82 Å². The fourth-order valence-electron chi connectivity index (χ4n) is 5.04. The van der Waals surface area contributed by atoms with Crippen molar-refractivity contribution in [3.63, 3.8) is 0 Å². The van der Waals surface area contributed by atoms with Crippen LogP contribution in [0.5, 0.6) is 0 Å². The summed E-state index contributed by atoms with van der Waals surface area (Å²) in [4.78, 5) is 23.3. The van der Waals surface area contributed by atoms with Gasteiger partial charge in [0.2, 0.25) is 11.9 Å². The summed E-state index contributed by atoms with van der Waals surface area (Å²) in [7, 11) is 1.83. The number of anilines is 3. The monoisotopic (exact) mass is 498 g/mol. The molecular weight excluding hydrogens is 471 g/mol. The minimum absolute atomic E-state index is 0.0867. The highest BCUT2D eigenvalue weighted by atomic mass is 32.2. The number of halogens is 1. The van der Waals surface area contributed by atoms with Crippen LogP contribution in [0.4, 0.5) is 21.8 Å². The number of hydrogen-bond acceptors (Lipinski definition) is 7. The van der Waals surface area contributed by atoms with Gasteiger partial charge < -0.3 is 10.2 Å². The number of aromatic nitrogens is 3. The molecule has 3 heterocycles. The Labute approximate surface area is 204 Å². The summed E-state index contributed by atoms with van der Waals surface area (Å²) in [6.07, 6.45) is 6.47. The molecule has 2 aliphatic rings. The number of hydrogen-bond donors (Lipinski definition) is 2. The van der Waals surface area contributed by atoms with Gasteiger partial charge in [-0.15, -0.1) is 0 Å². The molecule has 10 nitrogen and oxygen atoms in total. The first-order chi connectivity index (χ1) is 16.7. The number of likely N-dealkylation sites (N-methyl/N-ethyl adjacent to an activating group) is 1. The molecule has 0 saturated heterocycles. The van der Waals surface area contributed by atoms with Crippen molar-refractivity contribution < 1.29 is 13.4 Å². The van der Waals surface area contributed by atoms with Crippen molar-refractivity contribution in [2.75, 3.05) is 24.4 Å². The molecular formula is C23H27FN8O2S. The van der Waals surface area contributed by atoms with Gasteiger partial charge in [0, 0.05) is 32.6 Å². The number of amidine groups is 1. The molecule has 1 spiro atoms. The number of nitrogens with zero attached hydrogens (tertiary/aromatic N) is 6. The van der Waals surface area contributed by atoms with E-state index in [4.69, 9.17) is 15.2 Å². The van der Waals surface area contributed by atoms with Gasteiger partial charge in [0.05, 0.1) is 10.6 Å². The molecule has 12 heteroatoms. The van der Waals surface area contributed by atoms with Gasteiger partial charge in [-0.1, -0.05) is 19.3 Å². The topological polar surface area (TPSA) is 122 Å². The quantitative estimate of drug-likeness (QED) is 0.572. The fourth-order valence-corrected chi connectivity index (χ4v) is 5.46. The van der Waals surface area contributed by atoms with Gasteiger partial charge in [0.15, 0.2) is 5.84 Å². The second-order valence-corrected chi connectivity index (χ2v) is 10.1. The molecule has 1 aromatic carbocycles. The van der Waals surface area contributed by atoms with Crippen molar-refractivity contribution >= 4 is 51.2 Å². The average molecular weight is 499 g/mol. The second kappa shape index (κ2) is 8.68. The number of rotatable bonds is 3. The zero-order valence-electron chi connectivity index (χ0n) is 19.8. The Balaban J connectivity index is 1.62. The van der Waals surface area contributed by atoms with Gasteiger partial charge in [-0.25, -0.2) is 18.7 Å². The van der Waals surface area contributed by atoms with Crippen molar-refractivity contribution in [1.29, 1.82) is 0 Å². The molecule has 1 amide bonds. The molecule has 1 aliphatic heterocycles. The van der Waals surface area contributed by atoms with Crippen LogP contribution in [-0.2, 0) is 21.3 Å². The standard InChI is InChI=1S/C23H27FN8O2S/c1-14(33)30(2)21-23(9-5-4-6-10-23)32-19(31(3)29-21)11-15-13-26-22(28-20(15)32)27-18-8-7-16(35(25)34)12-17(18)24/h7-8,11-13H,4-6,9-10,25H2,1-3H3,(H,26,27,28). The van der Waals surface area contributed by atoms with Gasteiger partial charge in [-0.05, 0) is 37.1 Å². The molecule has 1 atom stereocenters. The minimum Gasteiger partial charge on any atom is -0.322 e. The number of benzene rings is 1. The first kappa shape index (κ1) is 23.4. The lowest BCUT2D eigenvalue weighted by atomic mass is 9.79. The van der Waals surface area contributed by atoms with Crippen LogP contribution in [0.15, 0.2) is 40.5 Å². The fraction of sp³-hybridized carbons (Fsp3) is 0.391. The Morgan fingerprint density at radius 3 is 2.66 bits per heavy atom. The number of fused-ring (bicyclic) bond motifs is 4. The van der Waals surface area contributed by atoms with Crippen molar-refractivity contribution in [3.8, 4) is 0 Å². The van der Waals surface area contributed by atoms with Crippen molar-refractivity contribution in [2.24, 2.45) is 10.2 Å². The second-order valence-electron chi connectivity index (χ2n) is 8.99. The maximum atomic E-state index is 14.6. The first-order valence-electron chi connectivity index (χ1n) is 11.4. The van der Waals surface area contributed by atoms with Crippen LogP contribution in [-0.4, -0.2) is 49.5 Å². The number of hydrazone groups is 1. The third kappa shape index (κ3) is 3.86. The predicted molar refractivity (Wildman–Crippen MR) is 133 cm³/mol. The third-order valence-corrected chi connectivity index (χ3v) is 7.55. The van der Waals surface area contributed by atoms with Crippen molar-refractivity contribution in [3.05, 3.63) is 36.3 Å². The van der Waals surface area contributed by atoms with Crippen LogP contribution < -0.4 is 15.5 Å². The molecule has 1 fully saturated rings. The van der Waals surface area contributed by atoms with Gasteiger partial charge in [-0.3, -0.25) is 14.4 Å². The summed E-state index contributed by atoms with van der Waals surface area (Å²) in [6, 6.07) is 6.06. The highest BCUT2D eigenvalue weighted by molar-refractivity contribution is 7.82. The molecule has 1 saturated carbocycles. The Hall–Kier alpha value is -3.38. The molecule has 3 aromatic rings. The van der Waals surface area contributed by atoms with Gasteiger partial charge in [0.1, 0.15) is 33.8 Å². The van der Waals surface area contributed by atoms with Crippen molar-refractivity contribution in [1.82, 2.24) is 19.4 Å². The smallest absolute Gasteiger partial charge is 0.229 e. The number of nitrogens with one attached hydrogen (secondary N) is 1. The minimum atomic E-state index is -1.78. The largest absolute Gasteiger partial charge is 0.322 e. The van der Waals surface area contributed by atoms with E-state index in [2.05, 4.69) is 14.9 Å². The molecule has 3 N–H and O–H groups in total. The summed E-state index contributed by atoms with van der Waals surface area (Å²) >= 11 is 0. The van der Waals surface area contributed by atoms with Crippen LogP contribution in [0.3, 0.4) is 0 Å². The predicted octanol–water partition coefficient (Wildman–Crippen LogP) is 3.20. The van der Waals surface area contributed by atoms with E-state index in [1.165, 1.54) is 19.1 Å². The first-order valence-corrected chi connectivity index (χ1v) is 12.6. The van der Waals surface area contributed by atoms with E-state index in [9.17, 15) is 13.4 Å². The number of carbonyl (C=O) groups is 1. The summed E-state index contributed by atoms with van der Waals surface area (Å²) in [5.41, 5.74) is 0.300. The van der Waals surface area contributed by atoms with E-state index in [1.807, 2.05) is 13.1 Å². The van der Waals surface area contributed by atoms with Crippen LogP contribution in [0.25, 0.3) is 11.0 Å². The summed E-state index contributed by atoms with van der Waals surface area (Å²) in [5.74, 6) is 1.08. The molecule has 2 aromatic heterocycles. The zero-order chi connectivity index (χ0) is 24.9. The normalized spacial score (nSPS) is 17.7. The molecule has 0 radical (unpaired) electrons. The maximum absolute atomic E-state index is 14.6. The molecule has 1 unspecified atom stereocenters. The summed E-state index contributed by atoms with van der Waals surface area (Å²) in [6.45, 7) is 1.53. The molecule has 0 bridgehead atoms. The Kier molecular flexibility index (Phi) is 5.80. The Morgan fingerprint density at radius 1 is 1.26 bits per heavy atom. The zero-order valence-corrected chi connectivity index (χ0v) is 20.6. The highest BCUT2D eigenvalue weighted by Gasteiger charge is 2.47. The van der Waals surface area contributed by atoms with Gasteiger partial charge in [0.25, 0.3) is 0 Å². The lowest BCUT2D eigenvalue weighted by molar-refractivity contribution is -0.124. The van der Waals surface area contributed by atoms with Gasteiger partial charge in [-0.2, -0.15) is 10.1 Å². The SMILES string of the molecule is CC(=O)N(C)C1=NN(C)c2cc3cnc(Nc4ccc(S(N)=O)cc4F)nc3n2C12CCCCC2. The number of carbonyl (C=O) groups excluding carboxylic acids is 1. The Morgan fingerprint density at radius 2 is 2.00 bits per heavy atom. The highest BCUT2D eigenvalue weighted by Crippen LogP contribution is 2.45. The van der Waals surface area contributed by atoms with Crippen LogP contribution in [0.1, 0.15) is 39.0 Å². The van der Waals surface area contributed by atoms with Gasteiger partial charge >= 0.3 is 0 Å².